The van der Waals surface area contributed by atoms with Crippen molar-refractivity contribution in [3.05, 3.63) is 58.1 Å². The first kappa shape index (κ1) is 20.9. The average Bonchev–Trinajstić information content (AvgIpc) is 3.15. The summed E-state index contributed by atoms with van der Waals surface area (Å²) in [6, 6.07) is 11.9. The molecule has 0 bridgehead atoms. The fourth-order valence-corrected chi connectivity index (χ4v) is 3.03. The SMILES string of the molecule is CCCn1nnnc1NCc1cc(OCC)c(OCc2ccc(C)cc2)cc1Cl. The van der Waals surface area contributed by atoms with Crippen LogP contribution in [0.2, 0.25) is 5.02 Å². The van der Waals surface area contributed by atoms with Gasteiger partial charge >= 0.3 is 0 Å². The molecule has 154 valence electrons. The molecule has 0 saturated heterocycles. The Hall–Kier alpha value is -2.80. The molecule has 0 saturated carbocycles. The van der Waals surface area contributed by atoms with Gasteiger partial charge in [-0.1, -0.05) is 53.5 Å². The lowest BCUT2D eigenvalue weighted by Crippen LogP contribution is -2.09. The third-order valence-corrected chi connectivity index (χ3v) is 4.68. The summed E-state index contributed by atoms with van der Waals surface area (Å²) in [5.41, 5.74) is 3.18. The Balaban J connectivity index is 1.72. The largest absolute Gasteiger partial charge is 0.490 e. The lowest BCUT2D eigenvalue weighted by atomic mass is 10.1. The second-order valence-corrected chi connectivity index (χ2v) is 7.08. The average molecular weight is 416 g/mol. The summed E-state index contributed by atoms with van der Waals surface area (Å²) < 4.78 is 13.5. The van der Waals surface area contributed by atoms with Gasteiger partial charge in [-0.05, 0) is 47.9 Å². The molecule has 8 heteroatoms. The van der Waals surface area contributed by atoms with E-state index in [1.54, 1.807) is 10.7 Å². The maximum atomic E-state index is 6.51. The van der Waals surface area contributed by atoms with E-state index in [-0.39, 0.29) is 0 Å². The number of nitrogens with one attached hydrogen (secondary N) is 1. The summed E-state index contributed by atoms with van der Waals surface area (Å²) >= 11 is 6.51. The highest BCUT2D eigenvalue weighted by atomic mass is 35.5. The number of ether oxygens (including phenoxy) is 2. The summed E-state index contributed by atoms with van der Waals surface area (Å²) in [5.74, 6) is 1.89. The first-order chi connectivity index (χ1) is 14.1. The molecule has 7 nitrogen and oxygen atoms in total. The molecule has 0 aliphatic heterocycles. The normalized spacial score (nSPS) is 10.8. The Kier molecular flexibility index (Phi) is 7.30. The molecule has 0 aliphatic carbocycles. The molecule has 1 heterocycles. The minimum atomic E-state index is 0.445. The maximum absolute atomic E-state index is 6.51. The predicted octanol–water partition coefficient (Wildman–Crippen LogP) is 4.63. The molecule has 1 N–H and O–H groups in total. The molecule has 1 aromatic heterocycles. The van der Waals surface area contributed by atoms with Crippen molar-refractivity contribution in [3.63, 3.8) is 0 Å². The number of benzene rings is 2. The van der Waals surface area contributed by atoms with E-state index >= 15 is 0 Å². The van der Waals surface area contributed by atoms with Gasteiger partial charge in [0.1, 0.15) is 6.61 Å². The molecule has 3 aromatic rings. The molecule has 29 heavy (non-hydrogen) atoms. The lowest BCUT2D eigenvalue weighted by molar-refractivity contribution is 0.269. The lowest BCUT2D eigenvalue weighted by Gasteiger charge is -2.15. The minimum Gasteiger partial charge on any atom is -0.490 e. The van der Waals surface area contributed by atoms with E-state index < -0.39 is 0 Å². The van der Waals surface area contributed by atoms with E-state index in [0.717, 1.165) is 24.1 Å². The van der Waals surface area contributed by atoms with Gasteiger partial charge in [-0.2, -0.15) is 0 Å². The number of hydrogen-bond acceptors (Lipinski definition) is 6. The molecule has 0 unspecified atom stereocenters. The fraction of sp³-hybridized carbons (Fsp3) is 0.381. The van der Waals surface area contributed by atoms with Crippen molar-refractivity contribution in [3.8, 4) is 11.5 Å². The van der Waals surface area contributed by atoms with Crippen LogP contribution in [-0.4, -0.2) is 26.8 Å². The second kappa shape index (κ2) is 10.1. The van der Waals surface area contributed by atoms with Crippen LogP contribution in [0.1, 0.15) is 37.0 Å². The van der Waals surface area contributed by atoms with Crippen molar-refractivity contribution in [2.45, 2.75) is 46.9 Å². The van der Waals surface area contributed by atoms with Gasteiger partial charge in [0, 0.05) is 24.2 Å². The molecule has 2 aromatic carbocycles. The highest BCUT2D eigenvalue weighted by Gasteiger charge is 2.13. The Morgan fingerprint density at radius 3 is 2.55 bits per heavy atom. The zero-order valence-electron chi connectivity index (χ0n) is 17.0. The van der Waals surface area contributed by atoms with Crippen LogP contribution < -0.4 is 14.8 Å². The molecule has 0 spiro atoms. The molecule has 3 rings (SSSR count). The summed E-state index contributed by atoms with van der Waals surface area (Å²) in [7, 11) is 0. The molecule has 0 aliphatic rings. The number of rotatable bonds is 10. The van der Waals surface area contributed by atoms with Crippen LogP contribution in [0.25, 0.3) is 0 Å². The van der Waals surface area contributed by atoms with E-state index in [1.807, 2.05) is 13.0 Å². The van der Waals surface area contributed by atoms with Gasteiger partial charge in [0.05, 0.1) is 6.61 Å². The highest BCUT2D eigenvalue weighted by molar-refractivity contribution is 6.31. The summed E-state index contributed by atoms with van der Waals surface area (Å²) in [6.07, 6.45) is 0.946. The first-order valence-corrected chi connectivity index (χ1v) is 10.1. The number of anilines is 1. The van der Waals surface area contributed by atoms with Crippen molar-refractivity contribution < 1.29 is 9.47 Å². The number of nitrogens with zero attached hydrogens (tertiary/aromatic N) is 4. The van der Waals surface area contributed by atoms with Crippen LogP contribution >= 0.6 is 11.6 Å². The van der Waals surface area contributed by atoms with Gasteiger partial charge in [0.2, 0.25) is 5.95 Å². The van der Waals surface area contributed by atoms with Gasteiger partial charge in [-0.15, -0.1) is 0 Å². The van der Waals surface area contributed by atoms with Crippen molar-refractivity contribution in [1.29, 1.82) is 0 Å². The Morgan fingerprint density at radius 2 is 1.83 bits per heavy atom. The standard InChI is InChI=1S/C21H26ClN5O2/c1-4-10-27-21(24-25-26-27)23-13-17-11-19(28-5-2)20(12-18(17)22)29-14-16-8-6-15(3)7-9-16/h6-9,11-12H,4-5,10,13-14H2,1-3H3,(H,23,24,26). The molecular weight excluding hydrogens is 390 g/mol. The van der Waals surface area contributed by atoms with Gasteiger partial charge in [0.15, 0.2) is 11.5 Å². The maximum Gasteiger partial charge on any atom is 0.243 e. The number of aromatic nitrogens is 4. The minimum absolute atomic E-state index is 0.445. The summed E-state index contributed by atoms with van der Waals surface area (Å²) in [4.78, 5) is 0. The zero-order chi connectivity index (χ0) is 20.6. The van der Waals surface area contributed by atoms with Crippen molar-refractivity contribution in [1.82, 2.24) is 20.2 Å². The van der Waals surface area contributed by atoms with E-state index in [2.05, 4.69) is 59.0 Å². The van der Waals surface area contributed by atoms with Crippen LogP contribution in [0.5, 0.6) is 11.5 Å². The van der Waals surface area contributed by atoms with Crippen molar-refractivity contribution >= 4 is 17.5 Å². The third-order valence-electron chi connectivity index (χ3n) is 4.33. The van der Waals surface area contributed by atoms with E-state index in [4.69, 9.17) is 21.1 Å². The quantitative estimate of drug-likeness (QED) is 0.520. The first-order valence-electron chi connectivity index (χ1n) is 9.74. The fourth-order valence-electron chi connectivity index (χ4n) is 2.81. The summed E-state index contributed by atoms with van der Waals surface area (Å²) in [5, 5.41) is 15.5. The summed E-state index contributed by atoms with van der Waals surface area (Å²) in [6.45, 7) is 8.27. The van der Waals surface area contributed by atoms with Crippen LogP contribution in [-0.2, 0) is 19.7 Å². The van der Waals surface area contributed by atoms with Crippen molar-refractivity contribution in [2.24, 2.45) is 0 Å². The monoisotopic (exact) mass is 415 g/mol. The van der Waals surface area contributed by atoms with E-state index in [9.17, 15) is 0 Å². The zero-order valence-corrected chi connectivity index (χ0v) is 17.7. The van der Waals surface area contributed by atoms with Crippen LogP contribution in [0.15, 0.2) is 36.4 Å². The Bertz CT molecular complexity index is 927. The smallest absolute Gasteiger partial charge is 0.243 e. The number of halogens is 1. The second-order valence-electron chi connectivity index (χ2n) is 6.68. The van der Waals surface area contributed by atoms with Crippen LogP contribution in [0.3, 0.4) is 0 Å². The number of tetrazole rings is 1. The van der Waals surface area contributed by atoms with Gasteiger partial charge < -0.3 is 14.8 Å². The molecule has 0 amide bonds. The Morgan fingerprint density at radius 1 is 1.07 bits per heavy atom. The van der Waals surface area contributed by atoms with Crippen LogP contribution in [0.4, 0.5) is 5.95 Å². The third kappa shape index (κ3) is 5.60. The van der Waals surface area contributed by atoms with Crippen molar-refractivity contribution in [2.75, 3.05) is 11.9 Å². The van der Waals surface area contributed by atoms with Gasteiger partial charge in [-0.3, -0.25) is 0 Å². The Labute approximate surface area is 176 Å². The van der Waals surface area contributed by atoms with Gasteiger partial charge in [0.25, 0.3) is 0 Å². The molecule has 0 fully saturated rings. The molecule has 0 radical (unpaired) electrons. The molecule has 0 atom stereocenters. The van der Waals surface area contributed by atoms with Gasteiger partial charge in [-0.25, -0.2) is 4.68 Å². The van der Waals surface area contributed by atoms with E-state index in [0.29, 0.717) is 42.2 Å². The molecular formula is C21H26ClN5O2. The van der Waals surface area contributed by atoms with E-state index in [1.165, 1.54) is 5.56 Å². The van der Waals surface area contributed by atoms with Crippen LogP contribution in [0, 0.1) is 6.92 Å². The number of hydrogen-bond donors (Lipinski definition) is 1. The topological polar surface area (TPSA) is 74.1 Å². The number of aryl methyl sites for hydroxylation is 2. The highest BCUT2D eigenvalue weighted by Crippen LogP contribution is 2.34. The predicted molar refractivity (Wildman–Crippen MR) is 114 cm³/mol.